The average molecular weight is 245 g/mol. The predicted octanol–water partition coefficient (Wildman–Crippen LogP) is 2.47. The third kappa shape index (κ3) is 3.01. The maximum Gasteiger partial charge on any atom is 0.119 e. The molecule has 2 nitrogen and oxygen atoms in total. The lowest BCUT2D eigenvalue weighted by molar-refractivity contribution is 0.184. The summed E-state index contributed by atoms with van der Waals surface area (Å²) in [6, 6.07) is 5.32. The lowest BCUT2D eigenvalue weighted by Gasteiger charge is -2.08. The smallest absolute Gasteiger partial charge is 0.119 e. The Morgan fingerprint density at radius 3 is 2.69 bits per heavy atom. The van der Waals surface area contributed by atoms with E-state index in [9.17, 15) is 5.11 Å². The number of halogens is 1. The number of aromatic hydroxyl groups is 1. The molecular formula is C10H13BrO2. The van der Waals surface area contributed by atoms with Crippen LogP contribution in [0.15, 0.2) is 22.7 Å². The van der Waals surface area contributed by atoms with Crippen molar-refractivity contribution < 1.29 is 10.2 Å². The topological polar surface area (TPSA) is 40.5 Å². The Morgan fingerprint density at radius 2 is 2.15 bits per heavy atom. The van der Waals surface area contributed by atoms with Crippen LogP contribution in [0.3, 0.4) is 0 Å². The van der Waals surface area contributed by atoms with Crippen molar-refractivity contribution in [2.75, 3.05) is 0 Å². The summed E-state index contributed by atoms with van der Waals surface area (Å²) in [5, 5.41) is 18.6. The van der Waals surface area contributed by atoms with Gasteiger partial charge in [-0.15, -0.1) is 0 Å². The molecule has 0 fully saturated rings. The van der Waals surface area contributed by atoms with Crippen molar-refractivity contribution in [1.82, 2.24) is 0 Å². The second-order valence-electron chi connectivity index (χ2n) is 3.13. The molecule has 0 spiro atoms. The molecule has 0 heterocycles. The second-order valence-corrected chi connectivity index (χ2v) is 3.98. The SMILES string of the molecule is C[C@H](O)CCc1c(O)cccc1Br. The van der Waals surface area contributed by atoms with Crippen molar-refractivity contribution in [3.8, 4) is 5.75 Å². The monoisotopic (exact) mass is 244 g/mol. The molecule has 1 atom stereocenters. The van der Waals surface area contributed by atoms with Crippen LogP contribution in [-0.2, 0) is 6.42 Å². The number of aliphatic hydroxyl groups is 1. The number of hydrogen-bond acceptors (Lipinski definition) is 2. The minimum Gasteiger partial charge on any atom is -0.508 e. The average Bonchev–Trinajstić information content (AvgIpc) is 2.03. The van der Waals surface area contributed by atoms with E-state index in [1.54, 1.807) is 19.1 Å². The minimum atomic E-state index is -0.327. The van der Waals surface area contributed by atoms with Gasteiger partial charge in [0.1, 0.15) is 5.75 Å². The van der Waals surface area contributed by atoms with Gasteiger partial charge in [-0.2, -0.15) is 0 Å². The maximum atomic E-state index is 9.49. The van der Waals surface area contributed by atoms with Gasteiger partial charge in [0.2, 0.25) is 0 Å². The molecular weight excluding hydrogens is 232 g/mol. The van der Waals surface area contributed by atoms with Gasteiger partial charge >= 0.3 is 0 Å². The Morgan fingerprint density at radius 1 is 1.46 bits per heavy atom. The van der Waals surface area contributed by atoms with Gasteiger partial charge in [-0.25, -0.2) is 0 Å². The van der Waals surface area contributed by atoms with Crippen molar-refractivity contribution in [1.29, 1.82) is 0 Å². The van der Waals surface area contributed by atoms with Crippen molar-refractivity contribution >= 4 is 15.9 Å². The molecule has 0 aromatic heterocycles. The third-order valence-electron chi connectivity index (χ3n) is 1.91. The molecule has 0 amide bonds. The molecule has 0 saturated heterocycles. The summed E-state index contributed by atoms with van der Waals surface area (Å²) in [4.78, 5) is 0. The zero-order valence-corrected chi connectivity index (χ0v) is 9.08. The highest BCUT2D eigenvalue weighted by atomic mass is 79.9. The Hall–Kier alpha value is -0.540. The molecule has 13 heavy (non-hydrogen) atoms. The van der Waals surface area contributed by atoms with Crippen molar-refractivity contribution in [3.63, 3.8) is 0 Å². The van der Waals surface area contributed by atoms with Crippen LogP contribution < -0.4 is 0 Å². The first-order chi connectivity index (χ1) is 6.11. The fraction of sp³-hybridized carbons (Fsp3) is 0.400. The number of hydrogen-bond donors (Lipinski definition) is 2. The van der Waals surface area contributed by atoms with Gasteiger partial charge in [-0.05, 0) is 31.9 Å². The van der Waals surface area contributed by atoms with Gasteiger partial charge in [-0.1, -0.05) is 22.0 Å². The molecule has 3 heteroatoms. The molecule has 0 unspecified atom stereocenters. The van der Waals surface area contributed by atoms with E-state index in [0.29, 0.717) is 12.8 Å². The van der Waals surface area contributed by atoms with Gasteiger partial charge in [-0.3, -0.25) is 0 Å². The van der Waals surface area contributed by atoms with Gasteiger partial charge in [0.25, 0.3) is 0 Å². The van der Waals surface area contributed by atoms with E-state index >= 15 is 0 Å². The first kappa shape index (κ1) is 10.5. The predicted molar refractivity (Wildman–Crippen MR) is 55.8 cm³/mol. The normalized spacial score (nSPS) is 12.8. The maximum absolute atomic E-state index is 9.49. The first-order valence-electron chi connectivity index (χ1n) is 4.25. The molecule has 0 saturated carbocycles. The van der Waals surface area contributed by atoms with Crippen LogP contribution in [0.4, 0.5) is 0 Å². The van der Waals surface area contributed by atoms with Crippen LogP contribution in [-0.4, -0.2) is 16.3 Å². The summed E-state index contributed by atoms with van der Waals surface area (Å²) in [7, 11) is 0. The molecule has 0 bridgehead atoms. The standard InChI is InChI=1S/C10H13BrO2/c1-7(12)5-6-8-9(11)3-2-4-10(8)13/h2-4,7,12-13H,5-6H2,1H3/t7-/m0/s1. The fourth-order valence-corrected chi connectivity index (χ4v) is 1.70. The molecule has 0 aliphatic rings. The highest BCUT2D eigenvalue weighted by molar-refractivity contribution is 9.10. The Bertz CT molecular complexity index is 264. The minimum absolute atomic E-state index is 0.287. The van der Waals surface area contributed by atoms with Gasteiger partial charge in [0.05, 0.1) is 6.10 Å². The number of aliphatic hydroxyl groups excluding tert-OH is 1. The largest absolute Gasteiger partial charge is 0.508 e. The number of phenolic OH excluding ortho intramolecular Hbond substituents is 1. The van der Waals surface area contributed by atoms with E-state index in [2.05, 4.69) is 15.9 Å². The summed E-state index contributed by atoms with van der Waals surface area (Å²) in [6.07, 6.45) is 1.02. The van der Waals surface area contributed by atoms with Crippen LogP contribution in [0.5, 0.6) is 5.75 Å². The van der Waals surface area contributed by atoms with Crippen LogP contribution in [0.2, 0.25) is 0 Å². The second kappa shape index (κ2) is 4.63. The van der Waals surface area contributed by atoms with E-state index < -0.39 is 0 Å². The zero-order valence-electron chi connectivity index (χ0n) is 7.50. The van der Waals surface area contributed by atoms with Crippen LogP contribution in [0.25, 0.3) is 0 Å². The van der Waals surface area contributed by atoms with Crippen LogP contribution in [0.1, 0.15) is 18.9 Å². The van der Waals surface area contributed by atoms with Gasteiger partial charge < -0.3 is 10.2 Å². The summed E-state index contributed by atoms with van der Waals surface area (Å²) in [5.74, 6) is 0.287. The Labute approximate surface area is 86.3 Å². The summed E-state index contributed by atoms with van der Waals surface area (Å²) in [5.41, 5.74) is 0.864. The highest BCUT2D eigenvalue weighted by Gasteiger charge is 2.06. The van der Waals surface area contributed by atoms with Crippen molar-refractivity contribution in [2.24, 2.45) is 0 Å². The molecule has 0 aliphatic carbocycles. The van der Waals surface area contributed by atoms with Gasteiger partial charge in [0.15, 0.2) is 0 Å². The van der Waals surface area contributed by atoms with E-state index in [0.717, 1.165) is 10.0 Å². The molecule has 1 rings (SSSR count). The highest BCUT2D eigenvalue weighted by Crippen LogP contribution is 2.27. The van der Waals surface area contributed by atoms with E-state index in [-0.39, 0.29) is 11.9 Å². The molecule has 1 aromatic rings. The third-order valence-corrected chi connectivity index (χ3v) is 2.65. The number of rotatable bonds is 3. The van der Waals surface area contributed by atoms with Crippen LogP contribution in [0, 0.1) is 0 Å². The van der Waals surface area contributed by atoms with E-state index in [4.69, 9.17) is 5.11 Å². The molecule has 1 aromatic carbocycles. The lowest BCUT2D eigenvalue weighted by atomic mass is 10.1. The lowest BCUT2D eigenvalue weighted by Crippen LogP contribution is -2.01. The zero-order chi connectivity index (χ0) is 9.84. The number of benzene rings is 1. The first-order valence-corrected chi connectivity index (χ1v) is 5.05. The van der Waals surface area contributed by atoms with E-state index in [1.165, 1.54) is 0 Å². The van der Waals surface area contributed by atoms with E-state index in [1.807, 2.05) is 6.07 Å². The van der Waals surface area contributed by atoms with Gasteiger partial charge in [0, 0.05) is 10.0 Å². The van der Waals surface area contributed by atoms with Crippen LogP contribution >= 0.6 is 15.9 Å². The molecule has 2 N–H and O–H groups in total. The van der Waals surface area contributed by atoms with Crippen molar-refractivity contribution in [3.05, 3.63) is 28.2 Å². The quantitative estimate of drug-likeness (QED) is 0.858. The fourth-order valence-electron chi connectivity index (χ4n) is 1.15. The number of phenols is 1. The molecule has 72 valence electrons. The summed E-state index contributed by atoms with van der Waals surface area (Å²) < 4.78 is 0.896. The molecule has 0 aliphatic heterocycles. The Kier molecular flexibility index (Phi) is 3.75. The Balaban J connectivity index is 2.75. The van der Waals surface area contributed by atoms with Crippen molar-refractivity contribution in [2.45, 2.75) is 25.9 Å². The summed E-state index contributed by atoms with van der Waals surface area (Å²) >= 11 is 3.36. The summed E-state index contributed by atoms with van der Waals surface area (Å²) in [6.45, 7) is 1.74. The molecule has 0 radical (unpaired) electrons.